The van der Waals surface area contributed by atoms with Crippen molar-refractivity contribution in [1.29, 1.82) is 0 Å². The van der Waals surface area contributed by atoms with E-state index in [0.29, 0.717) is 12.2 Å². The van der Waals surface area contributed by atoms with Crippen molar-refractivity contribution in [2.75, 3.05) is 24.6 Å². The van der Waals surface area contributed by atoms with Gasteiger partial charge in [-0.3, -0.25) is 0 Å². The molecule has 1 aromatic carbocycles. The summed E-state index contributed by atoms with van der Waals surface area (Å²) in [4.78, 5) is 17.8. The number of carboxylic acids is 1. The van der Waals surface area contributed by atoms with Crippen LogP contribution in [0.4, 0.5) is 10.2 Å². The summed E-state index contributed by atoms with van der Waals surface area (Å²) in [6.07, 6.45) is 0. The van der Waals surface area contributed by atoms with E-state index in [1.54, 1.807) is 36.1 Å². The molecule has 6 heteroatoms. The average molecular weight is 318 g/mol. The molecule has 2 rings (SSSR count). The monoisotopic (exact) mass is 318 g/mol. The number of hydrogen-bond acceptors (Lipinski definition) is 4. The summed E-state index contributed by atoms with van der Waals surface area (Å²) in [6.45, 7) is 4.18. The van der Waals surface area contributed by atoms with Crippen molar-refractivity contribution in [3.05, 3.63) is 47.4 Å². The van der Waals surface area contributed by atoms with Crippen LogP contribution >= 0.6 is 0 Å². The number of nitrogens with zero attached hydrogens (tertiary/aromatic N) is 2. The minimum Gasteiger partial charge on any atom is -0.478 e. The van der Waals surface area contributed by atoms with E-state index in [1.165, 1.54) is 6.07 Å². The molecule has 0 fully saturated rings. The van der Waals surface area contributed by atoms with Crippen LogP contribution in [0, 0.1) is 12.7 Å². The number of aliphatic hydroxyl groups is 1. The Morgan fingerprint density at radius 2 is 2.00 bits per heavy atom. The van der Waals surface area contributed by atoms with Crippen molar-refractivity contribution in [3.8, 4) is 11.1 Å². The Kier molecular flexibility index (Phi) is 5.28. The first-order valence-electron chi connectivity index (χ1n) is 7.35. The van der Waals surface area contributed by atoms with E-state index in [0.717, 1.165) is 0 Å². The molecule has 1 aromatic heterocycles. The number of aryl methyl sites for hydroxylation is 1. The largest absolute Gasteiger partial charge is 0.478 e. The number of anilines is 1. The van der Waals surface area contributed by atoms with E-state index < -0.39 is 11.8 Å². The Hall–Kier alpha value is -2.47. The molecule has 122 valence electrons. The first-order valence-corrected chi connectivity index (χ1v) is 7.35. The molecule has 0 aliphatic heterocycles. The highest BCUT2D eigenvalue weighted by Gasteiger charge is 2.23. The van der Waals surface area contributed by atoms with Gasteiger partial charge in [0.15, 0.2) is 0 Å². The highest BCUT2D eigenvalue weighted by Crippen LogP contribution is 2.32. The van der Waals surface area contributed by atoms with E-state index in [2.05, 4.69) is 4.98 Å². The van der Waals surface area contributed by atoms with Gasteiger partial charge in [-0.05, 0) is 26.0 Å². The Morgan fingerprint density at radius 3 is 2.57 bits per heavy atom. The Balaban J connectivity index is 2.75. The fourth-order valence-corrected chi connectivity index (χ4v) is 2.52. The highest BCUT2D eigenvalue weighted by molar-refractivity contribution is 6.01. The predicted molar refractivity (Wildman–Crippen MR) is 86.3 cm³/mol. The second-order valence-corrected chi connectivity index (χ2v) is 5.10. The summed E-state index contributed by atoms with van der Waals surface area (Å²) < 4.78 is 14.1. The lowest BCUT2D eigenvalue weighted by atomic mass is 9.98. The van der Waals surface area contributed by atoms with Gasteiger partial charge in [0.2, 0.25) is 0 Å². The predicted octanol–water partition coefficient (Wildman–Crippen LogP) is 2.71. The molecular formula is C17H19FN2O3. The van der Waals surface area contributed by atoms with Crippen LogP contribution in [0.1, 0.15) is 23.0 Å². The van der Waals surface area contributed by atoms with Crippen LogP contribution < -0.4 is 4.90 Å². The minimum absolute atomic E-state index is 0.0593. The Morgan fingerprint density at radius 1 is 1.30 bits per heavy atom. The van der Waals surface area contributed by atoms with E-state index in [4.69, 9.17) is 0 Å². The summed E-state index contributed by atoms with van der Waals surface area (Å²) >= 11 is 0. The topological polar surface area (TPSA) is 73.7 Å². The molecule has 1 heterocycles. The fourth-order valence-electron chi connectivity index (χ4n) is 2.52. The maximum atomic E-state index is 14.1. The Bertz CT molecular complexity index is 719. The lowest BCUT2D eigenvalue weighted by Gasteiger charge is -2.24. The first-order chi connectivity index (χ1) is 11.0. The van der Waals surface area contributed by atoms with Gasteiger partial charge in [0.05, 0.1) is 6.61 Å². The van der Waals surface area contributed by atoms with Crippen molar-refractivity contribution in [2.45, 2.75) is 13.8 Å². The third-order valence-corrected chi connectivity index (χ3v) is 3.56. The number of benzene rings is 1. The van der Waals surface area contributed by atoms with Gasteiger partial charge >= 0.3 is 5.97 Å². The number of carboxylic acid groups (broad SMARTS) is 1. The van der Waals surface area contributed by atoms with E-state index in [1.807, 2.05) is 6.92 Å². The summed E-state index contributed by atoms with van der Waals surface area (Å²) in [7, 11) is 0. The molecule has 0 atom stereocenters. The summed E-state index contributed by atoms with van der Waals surface area (Å²) in [5.74, 6) is -1.42. The maximum absolute atomic E-state index is 14.1. The van der Waals surface area contributed by atoms with Crippen LogP contribution in [0.5, 0.6) is 0 Å². The Labute approximate surface area is 134 Å². The first kappa shape index (κ1) is 16.9. The van der Waals surface area contributed by atoms with Crippen LogP contribution in [0.2, 0.25) is 0 Å². The number of carbonyl (C=O) groups is 1. The second kappa shape index (κ2) is 7.19. The quantitative estimate of drug-likeness (QED) is 0.856. The van der Waals surface area contributed by atoms with Crippen LogP contribution in [0.15, 0.2) is 30.3 Å². The summed E-state index contributed by atoms with van der Waals surface area (Å²) in [5, 5.41) is 18.8. The number of hydrogen-bond donors (Lipinski definition) is 2. The second-order valence-electron chi connectivity index (χ2n) is 5.10. The molecule has 0 amide bonds. The van der Waals surface area contributed by atoms with E-state index in [9.17, 15) is 19.4 Å². The van der Waals surface area contributed by atoms with Crippen LogP contribution in [0.25, 0.3) is 11.1 Å². The number of aromatic carboxylic acids is 1. The average Bonchev–Trinajstić information content (AvgIpc) is 2.51. The van der Waals surface area contributed by atoms with Crippen LogP contribution in [-0.4, -0.2) is 40.9 Å². The summed E-state index contributed by atoms with van der Waals surface area (Å²) in [6, 6.07) is 7.62. The fraction of sp³-hybridized carbons (Fsp3) is 0.294. The normalized spacial score (nSPS) is 10.6. The van der Waals surface area contributed by atoms with Gasteiger partial charge in [-0.1, -0.05) is 18.2 Å². The molecule has 0 unspecified atom stereocenters. The number of halogens is 1. The lowest BCUT2D eigenvalue weighted by Crippen LogP contribution is -2.29. The molecule has 0 aliphatic carbocycles. The SMILES string of the molecule is CCN(CCO)c1nc(C)cc(-c2ccccc2F)c1C(=O)O. The standard InChI is InChI=1S/C17H19FN2O3/c1-3-20(8-9-21)16-15(17(22)23)13(10-11(2)19-16)12-6-4-5-7-14(12)18/h4-7,10,21H,3,8-9H2,1-2H3,(H,22,23). The van der Waals surface area contributed by atoms with E-state index in [-0.39, 0.29) is 35.7 Å². The molecule has 0 saturated heterocycles. The molecular weight excluding hydrogens is 299 g/mol. The molecule has 0 saturated carbocycles. The number of likely N-dealkylation sites (N-methyl/N-ethyl adjacent to an activating group) is 1. The van der Waals surface area contributed by atoms with Crippen molar-refractivity contribution in [1.82, 2.24) is 4.98 Å². The van der Waals surface area contributed by atoms with Crippen molar-refractivity contribution in [3.63, 3.8) is 0 Å². The molecule has 2 N–H and O–H groups in total. The third-order valence-electron chi connectivity index (χ3n) is 3.56. The zero-order valence-corrected chi connectivity index (χ0v) is 13.1. The molecule has 0 spiro atoms. The maximum Gasteiger partial charge on any atom is 0.340 e. The third kappa shape index (κ3) is 3.48. The van der Waals surface area contributed by atoms with Gasteiger partial charge in [0, 0.05) is 29.9 Å². The van der Waals surface area contributed by atoms with E-state index >= 15 is 0 Å². The number of aliphatic hydroxyl groups excluding tert-OH is 1. The molecule has 5 nitrogen and oxygen atoms in total. The summed E-state index contributed by atoms with van der Waals surface area (Å²) in [5.41, 5.74) is 1.03. The molecule has 23 heavy (non-hydrogen) atoms. The van der Waals surface area contributed by atoms with Gasteiger partial charge in [-0.25, -0.2) is 14.2 Å². The molecule has 0 radical (unpaired) electrons. The van der Waals surface area contributed by atoms with Crippen molar-refractivity contribution < 1.29 is 19.4 Å². The molecule has 0 aliphatic rings. The van der Waals surface area contributed by atoms with Crippen LogP contribution in [0.3, 0.4) is 0 Å². The van der Waals surface area contributed by atoms with Gasteiger partial charge in [-0.15, -0.1) is 0 Å². The van der Waals surface area contributed by atoms with Gasteiger partial charge < -0.3 is 15.1 Å². The number of aromatic nitrogens is 1. The zero-order valence-electron chi connectivity index (χ0n) is 13.1. The van der Waals surface area contributed by atoms with Gasteiger partial charge in [-0.2, -0.15) is 0 Å². The minimum atomic E-state index is -1.18. The van der Waals surface area contributed by atoms with Crippen LogP contribution in [-0.2, 0) is 0 Å². The van der Waals surface area contributed by atoms with Crippen molar-refractivity contribution in [2.24, 2.45) is 0 Å². The zero-order chi connectivity index (χ0) is 17.0. The van der Waals surface area contributed by atoms with Crippen molar-refractivity contribution >= 4 is 11.8 Å². The molecule has 0 bridgehead atoms. The number of rotatable bonds is 6. The van der Waals surface area contributed by atoms with Gasteiger partial charge in [0.25, 0.3) is 0 Å². The number of pyridine rings is 1. The smallest absolute Gasteiger partial charge is 0.340 e. The lowest BCUT2D eigenvalue weighted by molar-refractivity contribution is 0.0698. The molecule has 2 aromatic rings. The highest BCUT2D eigenvalue weighted by atomic mass is 19.1. The van der Waals surface area contributed by atoms with Gasteiger partial charge in [0.1, 0.15) is 17.2 Å².